The lowest BCUT2D eigenvalue weighted by atomic mass is 10.0. The number of Topliss-reactive ketones (excluding diaryl/α,β-unsaturated/α-hetero) is 1. The molecule has 1 aromatic rings. The minimum Gasteiger partial charge on any atom is -0.483 e. The van der Waals surface area contributed by atoms with Gasteiger partial charge in [0.2, 0.25) is 0 Å². The largest absolute Gasteiger partial charge is 0.483 e. The first-order chi connectivity index (χ1) is 8.36. The number of carbonyl (C=O) groups is 1. The van der Waals surface area contributed by atoms with Crippen LogP contribution in [0.25, 0.3) is 0 Å². The molecule has 3 heteroatoms. The molecule has 0 heterocycles. The highest BCUT2D eigenvalue weighted by atomic mass is 35.5. The normalized spacial score (nSPS) is 12.6. The summed E-state index contributed by atoms with van der Waals surface area (Å²) in [4.78, 5) is 11.6. The fourth-order valence-corrected chi connectivity index (χ4v) is 1.94. The van der Waals surface area contributed by atoms with Gasteiger partial charge in [0, 0.05) is 11.4 Å². The highest BCUT2D eigenvalue weighted by molar-refractivity contribution is 6.31. The van der Waals surface area contributed by atoms with E-state index >= 15 is 0 Å². The van der Waals surface area contributed by atoms with Crippen molar-refractivity contribution >= 4 is 17.4 Å². The Balaban J connectivity index is 3.07. The Hall–Kier alpha value is -1.02. The van der Waals surface area contributed by atoms with E-state index in [-0.39, 0.29) is 5.78 Å². The zero-order chi connectivity index (χ0) is 13.9. The van der Waals surface area contributed by atoms with Crippen molar-refractivity contribution in [2.45, 2.75) is 53.1 Å². The molecule has 100 valence electrons. The van der Waals surface area contributed by atoms with Crippen molar-refractivity contribution in [1.29, 1.82) is 0 Å². The van der Waals surface area contributed by atoms with Crippen LogP contribution in [0, 0.1) is 6.92 Å². The summed E-state index contributed by atoms with van der Waals surface area (Å²) in [6.45, 7) is 9.74. The molecule has 0 radical (unpaired) electrons. The predicted molar refractivity (Wildman–Crippen MR) is 75.7 cm³/mol. The van der Waals surface area contributed by atoms with Crippen LogP contribution in [0.4, 0.5) is 0 Å². The Morgan fingerprint density at radius 2 is 1.94 bits per heavy atom. The predicted octanol–water partition coefficient (Wildman–Crippen LogP) is 4.52. The monoisotopic (exact) mass is 268 g/mol. The molecule has 2 nitrogen and oxygen atoms in total. The van der Waals surface area contributed by atoms with Gasteiger partial charge in [0.25, 0.3) is 0 Å². The third kappa shape index (κ3) is 3.49. The third-order valence-corrected chi connectivity index (χ3v) is 3.43. The van der Waals surface area contributed by atoms with Crippen molar-refractivity contribution in [3.63, 3.8) is 0 Å². The summed E-state index contributed by atoms with van der Waals surface area (Å²) < 4.78 is 5.79. The van der Waals surface area contributed by atoms with Gasteiger partial charge < -0.3 is 4.74 Å². The van der Waals surface area contributed by atoms with Crippen molar-refractivity contribution in [3.05, 3.63) is 28.3 Å². The summed E-state index contributed by atoms with van der Waals surface area (Å²) >= 11 is 6.13. The van der Waals surface area contributed by atoms with Gasteiger partial charge in [-0.05, 0) is 43.0 Å². The van der Waals surface area contributed by atoms with E-state index in [0.29, 0.717) is 12.3 Å². The maximum atomic E-state index is 11.6. The van der Waals surface area contributed by atoms with Gasteiger partial charge >= 0.3 is 0 Å². The zero-order valence-electron chi connectivity index (χ0n) is 11.7. The van der Waals surface area contributed by atoms with E-state index in [9.17, 15) is 4.79 Å². The SMILES string of the molecule is CCC(=O)C(C)Oc1cc(C)c(Cl)cc1C(C)C. The molecule has 0 N–H and O–H groups in total. The summed E-state index contributed by atoms with van der Waals surface area (Å²) in [5, 5.41) is 0.737. The second kappa shape index (κ2) is 6.24. The second-order valence-corrected chi connectivity index (χ2v) is 5.28. The number of carbonyl (C=O) groups excluding carboxylic acids is 1. The Morgan fingerprint density at radius 3 is 2.44 bits per heavy atom. The van der Waals surface area contributed by atoms with Crippen LogP contribution >= 0.6 is 11.6 Å². The van der Waals surface area contributed by atoms with Gasteiger partial charge in [-0.3, -0.25) is 4.79 Å². The number of benzene rings is 1. The molecular weight excluding hydrogens is 248 g/mol. The number of hydrogen-bond donors (Lipinski definition) is 0. The Kier molecular flexibility index (Phi) is 5.21. The van der Waals surface area contributed by atoms with Gasteiger partial charge in [-0.1, -0.05) is 32.4 Å². The van der Waals surface area contributed by atoms with Crippen LogP contribution < -0.4 is 4.74 Å². The smallest absolute Gasteiger partial charge is 0.172 e. The number of hydrogen-bond acceptors (Lipinski definition) is 2. The minimum atomic E-state index is -0.409. The van der Waals surface area contributed by atoms with Crippen molar-refractivity contribution in [1.82, 2.24) is 0 Å². The molecule has 18 heavy (non-hydrogen) atoms. The van der Waals surface area contributed by atoms with Crippen LogP contribution in [0.3, 0.4) is 0 Å². The summed E-state index contributed by atoms with van der Waals surface area (Å²) in [5.41, 5.74) is 2.01. The minimum absolute atomic E-state index is 0.109. The van der Waals surface area contributed by atoms with E-state index in [4.69, 9.17) is 16.3 Å². The van der Waals surface area contributed by atoms with Crippen molar-refractivity contribution < 1.29 is 9.53 Å². The molecule has 1 unspecified atom stereocenters. The van der Waals surface area contributed by atoms with E-state index in [0.717, 1.165) is 21.9 Å². The first-order valence-corrected chi connectivity index (χ1v) is 6.74. The van der Waals surface area contributed by atoms with Crippen LogP contribution in [-0.4, -0.2) is 11.9 Å². The summed E-state index contributed by atoms with van der Waals surface area (Å²) in [5.74, 6) is 1.18. The van der Waals surface area contributed by atoms with Gasteiger partial charge in [-0.15, -0.1) is 0 Å². The van der Waals surface area contributed by atoms with Crippen LogP contribution in [0.15, 0.2) is 12.1 Å². The molecular formula is C15H21ClO2. The summed E-state index contributed by atoms with van der Waals surface area (Å²) in [7, 11) is 0. The molecule has 0 spiro atoms. The molecule has 0 fully saturated rings. The quantitative estimate of drug-likeness (QED) is 0.785. The fourth-order valence-electron chi connectivity index (χ4n) is 1.77. The Morgan fingerprint density at radius 1 is 1.33 bits per heavy atom. The van der Waals surface area contributed by atoms with Gasteiger partial charge in [0.15, 0.2) is 11.9 Å². The van der Waals surface area contributed by atoms with E-state index in [1.54, 1.807) is 6.92 Å². The number of ketones is 1. The van der Waals surface area contributed by atoms with Gasteiger partial charge in [-0.2, -0.15) is 0 Å². The van der Waals surface area contributed by atoms with Crippen LogP contribution in [0.2, 0.25) is 5.02 Å². The second-order valence-electron chi connectivity index (χ2n) is 4.87. The number of halogens is 1. The van der Waals surface area contributed by atoms with E-state index in [1.807, 2.05) is 26.0 Å². The molecule has 1 rings (SSSR count). The average Bonchev–Trinajstić information content (AvgIpc) is 2.31. The number of ether oxygens (including phenoxy) is 1. The lowest BCUT2D eigenvalue weighted by Gasteiger charge is -2.19. The maximum Gasteiger partial charge on any atom is 0.172 e. The Labute approximate surface area is 114 Å². The summed E-state index contributed by atoms with van der Waals surface area (Å²) in [6, 6.07) is 3.84. The van der Waals surface area contributed by atoms with Crippen LogP contribution in [0.5, 0.6) is 5.75 Å². The lowest BCUT2D eigenvalue weighted by molar-refractivity contribution is -0.124. The molecule has 0 bridgehead atoms. The highest BCUT2D eigenvalue weighted by Crippen LogP contribution is 2.32. The first kappa shape index (κ1) is 15.0. The van der Waals surface area contributed by atoms with Gasteiger partial charge in [-0.25, -0.2) is 0 Å². The number of aryl methyl sites for hydroxylation is 1. The fraction of sp³-hybridized carbons (Fsp3) is 0.533. The molecule has 0 aromatic heterocycles. The standard InChI is InChI=1S/C15H21ClO2/c1-6-14(17)11(5)18-15-7-10(4)13(16)8-12(15)9(2)3/h7-9,11H,6H2,1-5H3. The molecule has 0 aliphatic rings. The first-order valence-electron chi connectivity index (χ1n) is 6.36. The topological polar surface area (TPSA) is 26.3 Å². The van der Waals surface area contributed by atoms with Crippen molar-refractivity contribution in [3.8, 4) is 5.75 Å². The van der Waals surface area contributed by atoms with Gasteiger partial charge in [0.05, 0.1) is 0 Å². The zero-order valence-corrected chi connectivity index (χ0v) is 12.5. The molecule has 0 saturated carbocycles. The maximum absolute atomic E-state index is 11.6. The van der Waals surface area contributed by atoms with Crippen LogP contribution in [0.1, 0.15) is 51.2 Å². The molecule has 0 saturated heterocycles. The average molecular weight is 269 g/mol. The van der Waals surface area contributed by atoms with E-state index in [1.165, 1.54) is 0 Å². The molecule has 0 amide bonds. The lowest BCUT2D eigenvalue weighted by Crippen LogP contribution is -2.23. The van der Waals surface area contributed by atoms with E-state index in [2.05, 4.69) is 13.8 Å². The molecule has 0 aliphatic heterocycles. The van der Waals surface area contributed by atoms with E-state index < -0.39 is 6.10 Å². The third-order valence-electron chi connectivity index (χ3n) is 3.02. The van der Waals surface area contributed by atoms with Gasteiger partial charge in [0.1, 0.15) is 5.75 Å². The molecule has 1 atom stereocenters. The Bertz CT molecular complexity index is 438. The summed E-state index contributed by atoms with van der Waals surface area (Å²) in [6.07, 6.45) is 0.0816. The van der Waals surface area contributed by atoms with Crippen molar-refractivity contribution in [2.75, 3.05) is 0 Å². The highest BCUT2D eigenvalue weighted by Gasteiger charge is 2.17. The van der Waals surface area contributed by atoms with Crippen molar-refractivity contribution in [2.24, 2.45) is 0 Å². The van der Waals surface area contributed by atoms with Crippen LogP contribution in [-0.2, 0) is 4.79 Å². The molecule has 0 aliphatic carbocycles. The number of rotatable bonds is 5. The molecule has 1 aromatic carbocycles.